The van der Waals surface area contributed by atoms with Crippen LogP contribution in [0.1, 0.15) is 18.4 Å². The van der Waals surface area contributed by atoms with Gasteiger partial charge in [0.15, 0.2) is 0 Å². The van der Waals surface area contributed by atoms with Crippen molar-refractivity contribution in [3.05, 3.63) is 17.6 Å². The van der Waals surface area contributed by atoms with Gasteiger partial charge in [0.2, 0.25) is 10.0 Å². The molecule has 0 aliphatic rings. The molecule has 0 radical (unpaired) electrons. The van der Waals surface area contributed by atoms with Gasteiger partial charge in [0.1, 0.15) is 26.3 Å². The van der Waals surface area contributed by atoms with Crippen LogP contribution in [0, 0.1) is 6.92 Å². The first kappa shape index (κ1) is 18.1. The molecule has 0 spiro atoms. The Balaban J connectivity index is 2.94. The molecule has 0 atom stereocenters. The second kappa shape index (κ2) is 6.91. The zero-order valence-corrected chi connectivity index (χ0v) is 14.3. The molecule has 0 saturated heterocycles. The maximum atomic E-state index is 12.4. The first-order valence-corrected chi connectivity index (χ1v) is 10.0. The summed E-state index contributed by atoms with van der Waals surface area (Å²) < 4.78 is 53.5. The molecule has 0 saturated carbocycles. The summed E-state index contributed by atoms with van der Waals surface area (Å²) in [6.45, 7) is 4.61. The summed E-state index contributed by atoms with van der Waals surface area (Å²) in [6, 6.07) is 1.48. The predicted octanol–water partition coefficient (Wildman–Crippen LogP) is 0.363. The molecule has 1 aromatic rings. The van der Waals surface area contributed by atoms with Crippen LogP contribution in [-0.2, 0) is 26.4 Å². The molecular weight excluding hydrogens is 316 g/mol. The molecule has 7 nitrogen and oxygen atoms in total. The zero-order valence-electron chi connectivity index (χ0n) is 12.7. The van der Waals surface area contributed by atoms with Crippen LogP contribution < -0.4 is 5.32 Å². The van der Waals surface area contributed by atoms with Crippen molar-refractivity contribution in [2.45, 2.75) is 25.3 Å². The standard InChI is InChI=1S/C12H22N2O5S2/c1-5-13-9-11-8-12(10(2)19-11)21(17,18)14(3)6-7-20(4,15)16/h8,13H,5-7,9H2,1-4H3. The first-order valence-electron chi connectivity index (χ1n) is 6.52. The Morgan fingerprint density at radius 1 is 1.29 bits per heavy atom. The number of nitrogens with one attached hydrogen (secondary N) is 1. The van der Waals surface area contributed by atoms with E-state index in [0.29, 0.717) is 18.1 Å². The first-order chi connectivity index (χ1) is 9.58. The van der Waals surface area contributed by atoms with Gasteiger partial charge in [-0.25, -0.2) is 16.8 Å². The van der Waals surface area contributed by atoms with Crippen molar-refractivity contribution >= 4 is 19.9 Å². The quantitative estimate of drug-likeness (QED) is 0.735. The number of sulfonamides is 1. The highest BCUT2D eigenvalue weighted by molar-refractivity contribution is 7.91. The van der Waals surface area contributed by atoms with Crippen LogP contribution in [0.4, 0.5) is 0 Å². The molecule has 0 amide bonds. The molecule has 0 bridgehead atoms. The summed E-state index contributed by atoms with van der Waals surface area (Å²) >= 11 is 0. The van der Waals surface area contributed by atoms with Crippen molar-refractivity contribution in [2.75, 3.05) is 32.1 Å². The minimum atomic E-state index is -3.75. The highest BCUT2D eigenvalue weighted by Gasteiger charge is 2.26. The van der Waals surface area contributed by atoms with Crippen molar-refractivity contribution in [2.24, 2.45) is 0 Å². The summed E-state index contributed by atoms with van der Waals surface area (Å²) in [4.78, 5) is 0.0754. The van der Waals surface area contributed by atoms with Crippen LogP contribution in [0.5, 0.6) is 0 Å². The van der Waals surface area contributed by atoms with Crippen molar-refractivity contribution in [3.63, 3.8) is 0 Å². The number of hydrogen-bond acceptors (Lipinski definition) is 6. The molecule has 0 unspecified atom stereocenters. The molecule has 9 heteroatoms. The molecule has 1 heterocycles. The largest absolute Gasteiger partial charge is 0.464 e. The summed E-state index contributed by atoms with van der Waals surface area (Å²) in [5.74, 6) is 0.614. The van der Waals surface area contributed by atoms with Crippen LogP contribution in [0.15, 0.2) is 15.4 Å². The van der Waals surface area contributed by atoms with Crippen molar-refractivity contribution < 1.29 is 21.3 Å². The lowest BCUT2D eigenvalue weighted by atomic mass is 10.4. The van der Waals surface area contributed by atoms with E-state index in [4.69, 9.17) is 4.42 Å². The Bertz CT molecular complexity index is 677. The van der Waals surface area contributed by atoms with Gasteiger partial charge in [0.25, 0.3) is 0 Å². The molecule has 1 rings (SSSR count). The predicted molar refractivity (Wildman–Crippen MR) is 80.4 cm³/mol. The second-order valence-electron chi connectivity index (χ2n) is 4.87. The van der Waals surface area contributed by atoms with E-state index in [2.05, 4.69) is 5.32 Å². The van der Waals surface area contributed by atoms with Crippen molar-refractivity contribution in [1.82, 2.24) is 9.62 Å². The second-order valence-corrected chi connectivity index (χ2v) is 9.14. The highest BCUT2D eigenvalue weighted by atomic mass is 32.2. The number of sulfone groups is 1. The van der Waals surface area contributed by atoms with E-state index < -0.39 is 19.9 Å². The molecular formula is C12H22N2O5S2. The van der Waals surface area contributed by atoms with Crippen molar-refractivity contribution in [3.8, 4) is 0 Å². The van der Waals surface area contributed by atoms with Gasteiger partial charge >= 0.3 is 0 Å². The Labute approximate surface area is 126 Å². The Kier molecular flexibility index (Phi) is 5.97. The minimum Gasteiger partial charge on any atom is -0.464 e. The van der Waals surface area contributed by atoms with E-state index in [1.807, 2.05) is 6.92 Å². The summed E-state index contributed by atoms with van der Waals surface area (Å²) in [5, 5.41) is 3.05. The molecule has 0 fully saturated rings. The molecule has 0 aliphatic heterocycles. The Hall–Kier alpha value is -0.900. The van der Waals surface area contributed by atoms with Crippen LogP contribution >= 0.6 is 0 Å². The number of aryl methyl sites for hydroxylation is 1. The van der Waals surface area contributed by atoms with Gasteiger partial charge in [-0.1, -0.05) is 6.92 Å². The van der Waals surface area contributed by atoms with Crippen LogP contribution in [0.2, 0.25) is 0 Å². The van der Waals surface area contributed by atoms with Crippen LogP contribution in [0.25, 0.3) is 0 Å². The SMILES string of the molecule is CCNCc1cc(S(=O)(=O)N(C)CCS(C)(=O)=O)c(C)o1. The third-order valence-corrected chi connectivity index (χ3v) is 5.83. The van der Waals surface area contributed by atoms with Gasteiger partial charge in [0.05, 0.1) is 12.3 Å². The van der Waals surface area contributed by atoms with Gasteiger partial charge in [-0.15, -0.1) is 0 Å². The van der Waals surface area contributed by atoms with E-state index >= 15 is 0 Å². The zero-order chi connectivity index (χ0) is 16.3. The molecule has 0 aliphatic carbocycles. The third-order valence-electron chi connectivity index (χ3n) is 2.94. The smallest absolute Gasteiger partial charge is 0.246 e. The van der Waals surface area contributed by atoms with Gasteiger partial charge in [-0.05, 0) is 13.5 Å². The average molecular weight is 338 g/mol. The number of nitrogens with zero attached hydrogens (tertiary/aromatic N) is 1. The maximum absolute atomic E-state index is 12.4. The van der Waals surface area contributed by atoms with Gasteiger partial charge in [-0.3, -0.25) is 0 Å². The Morgan fingerprint density at radius 3 is 2.43 bits per heavy atom. The molecule has 1 aromatic heterocycles. The minimum absolute atomic E-state index is 0.0754. The fraction of sp³-hybridized carbons (Fsp3) is 0.667. The van der Waals surface area contributed by atoms with Crippen LogP contribution in [0.3, 0.4) is 0 Å². The topological polar surface area (TPSA) is 96.7 Å². The summed E-state index contributed by atoms with van der Waals surface area (Å²) in [6.07, 6.45) is 1.07. The monoisotopic (exact) mass is 338 g/mol. The molecule has 122 valence electrons. The summed E-state index contributed by atoms with van der Waals surface area (Å²) in [7, 11) is -5.61. The number of furan rings is 1. The fourth-order valence-corrected chi connectivity index (χ4v) is 3.77. The number of rotatable bonds is 8. The van der Waals surface area contributed by atoms with Gasteiger partial charge in [0, 0.05) is 25.9 Å². The highest BCUT2D eigenvalue weighted by Crippen LogP contribution is 2.23. The normalized spacial score (nSPS) is 13.0. The summed E-state index contributed by atoms with van der Waals surface area (Å²) in [5.41, 5.74) is 0. The van der Waals surface area contributed by atoms with E-state index in [1.165, 1.54) is 13.1 Å². The molecule has 0 aromatic carbocycles. The Morgan fingerprint density at radius 2 is 1.90 bits per heavy atom. The average Bonchev–Trinajstić information content (AvgIpc) is 2.74. The van der Waals surface area contributed by atoms with E-state index in [1.54, 1.807) is 6.92 Å². The van der Waals surface area contributed by atoms with Gasteiger partial charge in [-0.2, -0.15) is 4.31 Å². The lowest BCUT2D eigenvalue weighted by Crippen LogP contribution is -2.31. The van der Waals surface area contributed by atoms with Crippen LogP contribution in [-0.4, -0.2) is 53.3 Å². The third kappa shape index (κ3) is 5.10. The van der Waals surface area contributed by atoms with E-state index in [-0.39, 0.29) is 17.2 Å². The molecule has 21 heavy (non-hydrogen) atoms. The van der Waals surface area contributed by atoms with Gasteiger partial charge < -0.3 is 9.73 Å². The molecule has 1 N–H and O–H groups in total. The number of hydrogen-bond donors (Lipinski definition) is 1. The lowest BCUT2D eigenvalue weighted by Gasteiger charge is -2.15. The maximum Gasteiger partial charge on any atom is 0.246 e. The van der Waals surface area contributed by atoms with E-state index in [0.717, 1.165) is 17.1 Å². The van der Waals surface area contributed by atoms with E-state index in [9.17, 15) is 16.8 Å². The van der Waals surface area contributed by atoms with Crippen molar-refractivity contribution in [1.29, 1.82) is 0 Å². The lowest BCUT2D eigenvalue weighted by molar-refractivity contribution is 0.455. The fourth-order valence-electron chi connectivity index (χ4n) is 1.70.